The van der Waals surface area contributed by atoms with Crippen LogP contribution in [0.1, 0.15) is 20.8 Å². The molecular weight excluding hydrogens is 274 g/mol. The van der Waals surface area contributed by atoms with E-state index in [4.69, 9.17) is 9.16 Å². The maximum atomic E-state index is 12.0. The molecule has 1 amide bonds. The zero-order chi connectivity index (χ0) is 15.2. The lowest BCUT2D eigenvalue weighted by atomic mass is 10.2. The van der Waals surface area contributed by atoms with Crippen molar-refractivity contribution >= 4 is 22.1 Å². The average Bonchev–Trinajstić information content (AvgIpc) is 2.36. The fourth-order valence-electron chi connectivity index (χ4n) is 1.52. The molecule has 0 bridgehead atoms. The van der Waals surface area contributed by atoms with Crippen molar-refractivity contribution in [1.29, 1.82) is 0 Å². The summed E-state index contributed by atoms with van der Waals surface area (Å²) in [5.74, 6) is 0.621. The van der Waals surface area contributed by atoms with Crippen LogP contribution >= 0.6 is 0 Å². The molecule has 1 heterocycles. The first-order valence-electron chi connectivity index (χ1n) is 6.47. The number of hydrogen-bond acceptors (Lipinski definition) is 4. The van der Waals surface area contributed by atoms with Gasteiger partial charge in [0.2, 0.25) is 9.76 Å². The van der Waals surface area contributed by atoms with E-state index in [-0.39, 0.29) is 0 Å². The van der Waals surface area contributed by atoms with Crippen LogP contribution < -0.4 is 0 Å². The monoisotopic (exact) mass is 295 g/mol. The maximum Gasteiger partial charge on any atom is 0.415 e. The van der Waals surface area contributed by atoms with E-state index in [1.807, 2.05) is 6.08 Å². The number of allylic oxidation sites excluding steroid dienone is 2. The summed E-state index contributed by atoms with van der Waals surface area (Å²) in [5.41, 5.74) is -0.601. The molecule has 20 heavy (non-hydrogen) atoms. The van der Waals surface area contributed by atoms with E-state index in [1.165, 1.54) is 11.1 Å². The first kappa shape index (κ1) is 16.2. The highest BCUT2D eigenvalue weighted by Crippen LogP contribution is 2.17. The largest absolute Gasteiger partial charge is 0.549 e. The molecule has 5 nitrogen and oxygen atoms in total. The van der Waals surface area contributed by atoms with Gasteiger partial charge in [0.15, 0.2) is 0 Å². The van der Waals surface area contributed by atoms with Crippen LogP contribution in [0.5, 0.6) is 0 Å². The lowest BCUT2D eigenvalue weighted by Crippen LogP contribution is -2.41. The minimum Gasteiger partial charge on any atom is -0.549 e. The zero-order valence-electron chi connectivity index (χ0n) is 12.2. The minimum absolute atomic E-state index is 0.551. The lowest BCUT2D eigenvalue weighted by molar-refractivity contribution is -0.110. The summed E-state index contributed by atoms with van der Waals surface area (Å²) in [7, 11) is -0.716. The predicted octanol–water partition coefficient (Wildman–Crippen LogP) is 1.91. The van der Waals surface area contributed by atoms with E-state index in [9.17, 15) is 9.59 Å². The Morgan fingerprint density at radius 2 is 2.25 bits per heavy atom. The van der Waals surface area contributed by atoms with Gasteiger partial charge in [-0.25, -0.2) is 4.79 Å². The van der Waals surface area contributed by atoms with Crippen LogP contribution in [0.3, 0.4) is 0 Å². The van der Waals surface area contributed by atoms with Crippen molar-refractivity contribution in [2.75, 3.05) is 0 Å². The van der Waals surface area contributed by atoms with Gasteiger partial charge >= 0.3 is 6.09 Å². The molecule has 0 radical (unpaired) electrons. The van der Waals surface area contributed by atoms with Crippen molar-refractivity contribution in [2.24, 2.45) is 0 Å². The van der Waals surface area contributed by atoms with E-state index >= 15 is 0 Å². The summed E-state index contributed by atoms with van der Waals surface area (Å²) >= 11 is 0. The molecular formula is C14H21NO4Si. The third kappa shape index (κ3) is 5.04. The molecule has 0 saturated carbocycles. The Hall–Kier alpha value is -1.82. The second-order valence-corrected chi connectivity index (χ2v) is 6.60. The predicted molar refractivity (Wildman–Crippen MR) is 79.8 cm³/mol. The Bertz CT molecular complexity index is 437. The van der Waals surface area contributed by atoms with Crippen LogP contribution in [0.25, 0.3) is 0 Å². The number of carbonyl (C=O) groups excluding carboxylic acids is 2. The van der Waals surface area contributed by atoms with Gasteiger partial charge < -0.3 is 14.0 Å². The molecule has 0 aromatic carbocycles. The van der Waals surface area contributed by atoms with Gasteiger partial charge in [0.25, 0.3) is 0 Å². The quantitative estimate of drug-likeness (QED) is 0.336. The first-order chi connectivity index (χ1) is 9.37. The Morgan fingerprint density at radius 1 is 1.55 bits per heavy atom. The number of carbonyl (C=O) groups is 2. The van der Waals surface area contributed by atoms with Crippen LogP contribution in [0.4, 0.5) is 4.79 Å². The van der Waals surface area contributed by atoms with E-state index in [1.54, 1.807) is 32.9 Å². The molecule has 1 aliphatic rings. The molecule has 0 N–H and O–H groups in total. The summed E-state index contributed by atoms with van der Waals surface area (Å²) in [6.45, 7) is 8.97. The van der Waals surface area contributed by atoms with Crippen LogP contribution in [0.15, 0.2) is 36.8 Å². The Labute approximate surface area is 121 Å². The van der Waals surface area contributed by atoms with Gasteiger partial charge in [-0.2, -0.15) is 0 Å². The Morgan fingerprint density at radius 3 is 2.80 bits per heavy atom. The standard InChI is InChI=1S/C14H21NO4Si/c1-5-8-20-19-12-6-7-15(11(9-12)10-16)13(17)18-14(2,3)4/h5-7,9-11H,1,8,20H2,2-4H3/t11-/m0/s1. The third-order valence-corrected chi connectivity index (χ3v) is 3.57. The van der Waals surface area contributed by atoms with Crippen molar-refractivity contribution in [2.45, 2.75) is 38.5 Å². The fraction of sp³-hybridized carbons (Fsp3) is 0.429. The van der Waals surface area contributed by atoms with Crippen LogP contribution in [-0.4, -0.2) is 38.7 Å². The molecule has 0 saturated heterocycles. The van der Waals surface area contributed by atoms with E-state index < -0.39 is 27.5 Å². The number of hydrogen-bond donors (Lipinski definition) is 0. The summed E-state index contributed by atoms with van der Waals surface area (Å²) in [5, 5.41) is 0. The van der Waals surface area contributed by atoms with E-state index in [0.717, 1.165) is 6.04 Å². The van der Waals surface area contributed by atoms with Crippen LogP contribution in [0, 0.1) is 0 Å². The van der Waals surface area contributed by atoms with E-state index in [2.05, 4.69) is 6.58 Å². The highest BCUT2D eigenvalue weighted by Gasteiger charge is 2.27. The molecule has 0 fully saturated rings. The smallest absolute Gasteiger partial charge is 0.415 e. The summed E-state index contributed by atoms with van der Waals surface area (Å²) in [6, 6.07) is 0.162. The first-order valence-corrected chi connectivity index (χ1v) is 8.05. The maximum absolute atomic E-state index is 12.0. The molecule has 0 spiro atoms. The van der Waals surface area contributed by atoms with E-state index in [0.29, 0.717) is 12.0 Å². The highest BCUT2D eigenvalue weighted by molar-refractivity contribution is 6.28. The van der Waals surface area contributed by atoms with Gasteiger partial charge in [-0.15, -0.1) is 6.58 Å². The number of rotatable bonds is 5. The SMILES string of the molecule is C=CC[SiH2]OC1=C[C@@H](C=O)N(C(=O)OC(C)(C)C)C=C1. The lowest BCUT2D eigenvalue weighted by Gasteiger charge is -2.29. The fourth-order valence-corrected chi connectivity index (χ4v) is 2.23. The van der Waals surface area contributed by atoms with Crippen molar-refractivity contribution in [1.82, 2.24) is 4.90 Å². The molecule has 0 unspecified atom stereocenters. The Kier molecular flexibility index (Phi) is 5.76. The van der Waals surface area contributed by atoms with Gasteiger partial charge in [-0.1, -0.05) is 6.08 Å². The van der Waals surface area contributed by atoms with Gasteiger partial charge in [0, 0.05) is 6.20 Å². The second kappa shape index (κ2) is 7.09. The number of aldehydes is 1. The van der Waals surface area contributed by atoms with Crippen molar-refractivity contribution in [3.8, 4) is 0 Å². The van der Waals surface area contributed by atoms with Crippen molar-refractivity contribution in [3.63, 3.8) is 0 Å². The molecule has 0 aliphatic carbocycles. The van der Waals surface area contributed by atoms with Crippen LogP contribution in [-0.2, 0) is 14.0 Å². The molecule has 1 aliphatic heterocycles. The molecule has 6 heteroatoms. The number of nitrogens with zero attached hydrogens (tertiary/aromatic N) is 1. The Balaban J connectivity index is 2.69. The molecule has 1 atom stereocenters. The van der Waals surface area contributed by atoms with Crippen molar-refractivity contribution in [3.05, 3.63) is 36.8 Å². The third-order valence-electron chi connectivity index (χ3n) is 2.39. The summed E-state index contributed by atoms with van der Waals surface area (Å²) < 4.78 is 10.8. The van der Waals surface area contributed by atoms with Gasteiger partial charge in [-0.3, -0.25) is 4.90 Å². The normalized spacial score (nSPS) is 18.9. The zero-order valence-corrected chi connectivity index (χ0v) is 13.6. The molecule has 0 aromatic heterocycles. The second-order valence-electron chi connectivity index (χ2n) is 5.32. The van der Waals surface area contributed by atoms with Gasteiger partial charge in [0.05, 0.1) is 0 Å². The average molecular weight is 295 g/mol. The highest BCUT2D eigenvalue weighted by atomic mass is 28.2. The summed E-state index contributed by atoms with van der Waals surface area (Å²) in [4.78, 5) is 24.3. The van der Waals surface area contributed by atoms with Crippen LogP contribution in [0.2, 0.25) is 6.04 Å². The minimum atomic E-state index is -0.716. The van der Waals surface area contributed by atoms with Crippen molar-refractivity contribution < 1.29 is 18.8 Å². The molecule has 0 aromatic rings. The topological polar surface area (TPSA) is 55.8 Å². The molecule has 1 rings (SSSR count). The number of ether oxygens (including phenoxy) is 1. The van der Waals surface area contributed by atoms with Gasteiger partial charge in [0.1, 0.15) is 23.7 Å². The van der Waals surface area contributed by atoms with Gasteiger partial charge in [-0.05, 0) is 39.0 Å². The summed E-state index contributed by atoms with van der Waals surface area (Å²) in [6.07, 6.45) is 6.75. The number of amides is 1. The molecule has 110 valence electrons.